The predicted octanol–water partition coefficient (Wildman–Crippen LogP) is 3.70. The lowest BCUT2D eigenvalue weighted by atomic mass is 10.2. The third kappa shape index (κ3) is 3.86. The van der Waals surface area contributed by atoms with Gasteiger partial charge < -0.3 is 9.84 Å². The summed E-state index contributed by atoms with van der Waals surface area (Å²) in [6.45, 7) is 0.0239. The Balaban J connectivity index is 2.07. The average Bonchev–Trinajstić information content (AvgIpc) is 2.49. The van der Waals surface area contributed by atoms with Crippen LogP contribution in [0.5, 0.6) is 5.75 Å². The maximum Gasteiger partial charge on any atom is 0.412 e. The highest BCUT2D eigenvalue weighted by atomic mass is 35.5. The second kappa shape index (κ2) is 6.77. The zero-order valence-corrected chi connectivity index (χ0v) is 11.9. The van der Waals surface area contributed by atoms with E-state index in [0.29, 0.717) is 0 Å². The average molecular weight is 323 g/mol. The Labute approximate surface area is 130 Å². The van der Waals surface area contributed by atoms with Gasteiger partial charge in [0.2, 0.25) is 5.75 Å². The number of ether oxygens (including phenoxy) is 1. The van der Waals surface area contributed by atoms with Gasteiger partial charge in [-0.25, -0.2) is 4.79 Å². The van der Waals surface area contributed by atoms with Crippen molar-refractivity contribution in [2.75, 3.05) is 5.32 Å². The van der Waals surface area contributed by atoms with Crippen LogP contribution < -0.4 is 5.32 Å². The number of benzene rings is 2. The number of phenols is 1. The van der Waals surface area contributed by atoms with Crippen LogP contribution >= 0.6 is 11.6 Å². The number of amides is 1. The van der Waals surface area contributed by atoms with Crippen molar-refractivity contribution < 1.29 is 19.6 Å². The molecule has 0 heterocycles. The summed E-state index contributed by atoms with van der Waals surface area (Å²) in [5, 5.41) is 22.7. The monoisotopic (exact) mass is 322 g/mol. The molecule has 7 nitrogen and oxygen atoms in total. The molecule has 1 amide bonds. The van der Waals surface area contributed by atoms with Crippen molar-refractivity contribution in [1.82, 2.24) is 0 Å². The Morgan fingerprint density at radius 1 is 1.32 bits per heavy atom. The first-order valence-corrected chi connectivity index (χ1v) is 6.50. The summed E-state index contributed by atoms with van der Waals surface area (Å²) in [5.74, 6) is -0.689. The molecule has 2 aromatic rings. The number of anilines is 1. The van der Waals surface area contributed by atoms with Gasteiger partial charge in [0.05, 0.1) is 10.6 Å². The second-order valence-corrected chi connectivity index (χ2v) is 4.70. The van der Waals surface area contributed by atoms with Crippen molar-refractivity contribution in [3.05, 3.63) is 63.2 Å². The first-order chi connectivity index (χ1) is 10.5. The molecule has 0 aliphatic heterocycles. The molecule has 0 aliphatic carbocycles. The van der Waals surface area contributed by atoms with E-state index in [2.05, 4.69) is 5.32 Å². The molecular formula is C14H11ClN2O5. The Morgan fingerprint density at radius 2 is 2.00 bits per heavy atom. The lowest BCUT2D eigenvalue weighted by molar-refractivity contribution is -0.385. The van der Waals surface area contributed by atoms with E-state index in [4.69, 9.17) is 16.3 Å². The fourth-order valence-corrected chi connectivity index (χ4v) is 1.90. The third-order valence-corrected chi connectivity index (χ3v) is 2.92. The van der Waals surface area contributed by atoms with Crippen molar-refractivity contribution in [2.45, 2.75) is 6.61 Å². The molecule has 0 fully saturated rings. The van der Waals surface area contributed by atoms with Crippen LogP contribution in [-0.2, 0) is 11.3 Å². The highest BCUT2D eigenvalue weighted by molar-refractivity contribution is 6.31. The molecular weight excluding hydrogens is 312 g/mol. The first kappa shape index (κ1) is 15.6. The Bertz CT molecular complexity index is 706. The second-order valence-electron chi connectivity index (χ2n) is 4.26. The predicted molar refractivity (Wildman–Crippen MR) is 80.0 cm³/mol. The molecule has 0 unspecified atom stereocenters. The van der Waals surface area contributed by atoms with Gasteiger partial charge in [-0.05, 0) is 11.6 Å². The Morgan fingerprint density at radius 3 is 2.64 bits per heavy atom. The van der Waals surface area contributed by atoms with Crippen molar-refractivity contribution in [1.29, 1.82) is 0 Å². The van der Waals surface area contributed by atoms with Crippen molar-refractivity contribution >= 4 is 29.1 Å². The summed E-state index contributed by atoms with van der Waals surface area (Å²) in [6, 6.07) is 11.1. The normalized spacial score (nSPS) is 10.0. The lowest BCUT2D eigenvalue weighted by Crippen LogP contribution is -2.13. The zero-order valence-electron chi connectivity index (χ0n) is 11.2. The number of aromatic hydroxyl groups is 1. The van der Waals surface area contributed by atoms with Crippen LogP contribution in [-0.4, -0.2) is 16.1 Å². The van der Waals surface area contributed by atoms with Crippen molar-refractivity contribution in [2.24, 2.45) is 0 Å². The maximum absolute atomic E-state index is 11.7. The summed E-state index contributed by atoms with van der Waals surface area (Å²) < 4.78 is 4.95. The van der Waals surface area contributed by atoms with E-state index >= 15 is 0 Å². The van der Waals surface area contributed by atoms with E-state index in [1.807, 2.05) is 6.07 Å². The van der Waals surface area contributed by atoms with E-state index in [0.717, 1.165) is 11.6 Å². The fourth-order valence-electron chi connectivity index (χ4n) is 1.69. The van der Waals surface area contributed by atoms with Gasteiger partial charge in [-0.2, -0.15) is 0 Å². The molecule has 0 saturated heterocycles. The van der Waals surface area contributed by atoms with Gasteiger partial charge in [0, 0.05) is 11.1 Å². The number of halogens is 1. The van der Waals surface area contributed by atoms with Crippen LogP contribution in [0.3, 0.4) is 0 Å². The van der Waals surface area contributed by atoms with E-state index in [9.17, 15) is 20.0 Å². The standard InChI is InChI=1S/C14H11ClN2O5/c15-10-6-11(13(18)12(7-10)17(20)21)16-14(19)22-8-9-4-2-1-3-5-9/h1-7,18H,8H2,(H,16,19). The molecule has 0 aromatic heterocycles. The smallest absolute Gasteiger partial charge is 0.412 e. The molecule has 0 radical (unpaired) electrons. The SMILES string of the molecule is O=C(Nc1cc(Cl)cc([N+](=O)[O-])c1O)OCc1ccccc1. The largest absolute Gasteiger partial charge is 0.501 e. The number of nitro benzene ring substituents is 1. The third-order valence-electron chi connectivity index (χ3n) is 2.70. The molecule has 0 aliphatic rings. The minimum atomic E-state index is -0.865. The summed E-state index contributed by atoms with van der Waals surface area (Å²) in [7, 11) is 0. The van der Waals surface area contributed by atoms with E-state index in [1.165, 1.54) is 6.07 Å². The number of rotatable bonds is 4. The molecule has 2 aromatic carbocycles. The minimum Gasteiger partial charge on any atom is -0.501 e. The topological polar surface area (TPSA) is 102 Å². The van der Waals surface area contributed by atoms with E-state index < -0.39 is 22.5 Å². The molecule has 0 bridgehead atoms. The summed E-state index contributed by atoms with van der Waals surface area (Å²) in [6.07, 6.45) is -0.865. The number of nitrogens with one attached hydrogen (secondary N) is 1. The Hall–Kier alpha value is -2.80. The number of phenolic OH excluding ortho intramolecular Hbond substituents is 1. The van der Waals surface area contributed by atoms with Gasteiger partial charge in [-0.15, -0.1) is 0 Å². The van der Waals surface area contributed by atoms with Gasteiger partial charge in [-0.1, -0.05) is 41.9 Å². The molecule has 0 saturated carbocycles. The number of carbonyl (C=O) groups is 1. The Kier molecular flexibility index (Phi) is 4.80. The van der Waals surface area contributed by atoms with Gasteiger partial charge in [0.15, 0.2) is 0 Å². The number of hydrogen-bond acceptors (Lipinski definition) is 5. The number of carbonyl (C=O) groups excluding carboxylic acids is 1. The van der Waals surface area contributed by atoms with Crippen LogP contribution in [0.4, 0.5) is 16.2 Å². The number of nitrogens with zero attached hydrogens (tertiary/aromatic N) is 1. The zero-order chi connectivity index (χ0) is 16.1. The number of nitro groups is 1. The summed E-state index contributed by atoms with van der Waals surface area (Å²) in [5.41, 5.74) is -0.0259. The van der Waals surface area contributed by atoms with Crippen molar-refractivity contribution in [3.8, 4) is 5.75 Å². The minimum absolute atomic E-state index is 0.00265. The number of hydrogen-bond donors (Lipinski definition) is 2. The van der Waals surface area contributed by atoms with E-state index in [-0.39, 0.29) is 17.3 Å². The molecule has 22 heavy (non-hydrogen) atoms. The molecule has 0 spiro atoms. The van der Waals surface area contributed by atoms with Crippen LogP contribution in [0.1, 0.15) is 5.56 Å². The van der Waals surface area contributed by atoms with Crippen LogP contribution in [0, 0.1) is 10.1 Å². The molecule has 114 valence electrons. The maximum atomic E-state index is 11.7. The van der Waals surface area contributed by atoms with Crippen LogP contribution in [0.2, 0.25) is 5.02 Å². The summed E-state index contributed by atoms with van der Waals surface area (Å²) in [4.78, 5) is 21.6. The highest BCUT2D eigenvalue weighted by Gasteiger charge is 2.20. The van der Waals surface area contributed by atoms with Crippen molar-refractivity contribution in [3.63, 3.8) is 0 Å². The van der Waals surface area contributed by atoms with Crippen LogP contribution in [0.25, 0.3) is 0 Å². The molecule has 2 N–H and O–H groups in total. The lowest BCUT2D eigenvalue weighted by Gasteiger charge is -2.09. The quantitative estimate of drug-likeness (QED) is 0.507. The van der Waals surface area contributed by atoms with Gasteiger partial charge in [0.25, 0.3) is 0 Å². The molecule has 0 atom stereocenters. The van der Waals surface area contributed by atoms with Gasteiger partial charge >= 0.3 is 11.8 Å². The van der Waals surface area contributed by atoms with Gasteiger partial charge in [0.1, 0.15) is 6.61 Å². The van der Waals surface area contributed by atoms with Gasteiger partial charge in [-0.3, -0.25) is 15.4 Å². The van der Waals surface area contributed by atoms with E-state index in [1.54, 1.807) is 24.3 Å². The first-order valence-electron chi connectivity index (χ1n) is 6.12. The fraction of sp³-hybridized carbons (Fsp3) is 0.0714. The van der Waals surface area contributed by atoms with Crippen LogP contribution in [0.15, 0.2) is 42.5 Å². The highest BCUT2D eigenvalue weighted by Crippen LogP contribution is 2.36. The molecule has 8 heteroatoms. The molecule has 2 rings (SSSR count). The summed E-state index contributed by atoms with van der Waals surface area (Å²) >= 11 is 5.71.